The smallest absolute Gasteiger partial charge is 0.134 e. The van der Waals surface area contributed by atoms with Crippen LogP contribution in [-0.4, -0.2) is 20.8 Å². The lowest BCUT2D eigenvalue weighted by atomic mass is 9.87. The van der Waals surface area contributed by atoms with Crippen molar-refractivity contribution in [2.24, 2.45) is 11.1 Å². The van der Waals surface area contributed by atoms with Gasteiger partial charge in [0.2, 0.25) is 0 Å². The van der Waals surface area contributed by atoms with Crippen molar-refractivity contribution in [3.63, 3.8) is 0 Å². The zero-order valence-electron chi connectivity index (χ0n) is 12.6. The summed E-state index contributed by atoms with van der Waals surface area (Å²) in [5.41, 5.74) is 6.54. The van der Waals surface area contributed by atoms with Gasteiger partial charge in [0.05, 0.1) is 0 Å². The first-order chi connectivity index (χ1) is 8.96. The summed E-state index contributed by atoms with van der Waals surface area (Å²) in [6.07, 6.45) is 10.3. The molecule has 1 fully saturated rings. The van der Waals surface area contributed by atoms with Crippen molar-refractivity contribution in [1.82, 2.24) is 14.8 Å². The van der Waals surface area contributed by atoms with Crippen LogP contribution in [0.2, 0.25) is 0 Å². The zero-order chi connectivity index (χ0) is 13.9. The summed E-state index contributed by atoms with van der Waals surface area (Å²) in [5.74, 6) is 1.07. The van der Waals surface area contributed by atoms with E-state index in [1.807, 2.05) is 6.33 Å². The lowest BCUT2D eigenvalue weighted by Crippen LogP contribution is -2.30. The zero-order valence-corrected chi connectivity index (χ0v) is 12.6. The normalized spacial score (nSPS) is 19.6. The summed E-state index contributed by atoms with van der Waals surface area (Å²) in [5, 5.41) is 8.40. The molecule has 0 spiro atoms. The highest BCUT2D eigenvalue weighted by atomic mass is 15.3. The lowest BCUT2D eigenvalue weighted by molar-refractivity contribution is 0.321. The van der Waals surface area contributed by atoms with Gasteiger partial charge in [-0.2, -0.15) is 0 Å². The van der Waals surface area contributed by atoms with E-state index in [0.717, 1.165) is 18.7 Å². The van der Waals surface area contributed by atoms with Crippen LogP contribution < -0.4 is 5.73 Å². The Morgan fingerprint density at radius 1 is 1.32 bits per heavy atom. The highest BCUT2D eigenvalue weighted by Gasteiger charge is 2.21. The van der Waals surface area contributed by atoms with E-state index < -0.39 is 0 Å². The van der Waals surface area contributed by atoms with Gasteiger partial charge in [-0.3, -0.25) is 0 Å². The number of aromatic nitrogens is 3. The molecule has 0 aliphatic heterocycles. The van der Waals surface area contributed by atoms with Gasteiger partial charge in [-0.1, -0.05) is 40.0 Å². The van der Waals surface area contributed by atoms with Crippen LogP contribution in [-0.2, 0) is 6.42 Å². The molecule has 1 aromatic heterocycles. The van der Waals surface area contributed by atoms with Gasteiger partial charge in [0.1, 0.15) is 12.2 Å². The molecule has 1 atom stereocenters. The second kappa shape index (κ2) is 6.04. The topological polar surface area (TPSA) is 56.7 Å². The maximum Gasteiger partial charge on any atom is 0.134 e. The van der Waals surface area contributed by atoms with Crippen molar-refractivity contribution in [3.05, 3.63) is 12.2 Å². The summed E-state index contributed by atoms with van der Waals surface area (Å²) in [6, 6.07) is 0.770. The van der Waals surface area contributed by atoms with Crippen molar-refractivity contribution in [2.75, 3.05) is 0 Å². The van der Waals surface area contributed by atoms with E-state index in [4.69, 9.17) is 5.73 Å². The summed E-state index contributed by atoms with van der Waals surface area (Å²) in [4.78, 5) is 0. The Kier molecular flexibility index (Phi) is 4.61. The van der Waals surface area contributed by atoms with Crippen LogP contribution in [0, 0.1) is 5.41 Å². The predicted molar refractivity (Wildman–Crippen MR) is 77.9 cm³/mol. The molecular formula is C15H28N4. The third kappa shape index (κ3) is 4.30. The standard InChI is InChI=1S/C15H28N4/c1-15(2,3)10-12(16)9-14-18-17-11-19(14)13-7-5-4-6-8-13/h11-13H,4-10,16H2,1-3H3. The van der Waals surface area contributed by atoms with E-state index in [1.54, 1.807) is 0 Å². The fourth-order valence-electron chi connectivity index (χ4n) is 3.17. The SMILES string of the molecule is CC(C)(C)CC(N)Cc1nncn1C1CCCCC1. The Morgan fingerprint density at radius 3 is 2.63 bits per heavy atom. The molecule has 19 heavy (non-hydrogen) atoms. The van der Waals surface area contributed by atoms with E-state index in [2.05, 4.69) is 35.5 Å². The molecule has 0 bridgehead atoms. The van der Waals surface area contributed by atoms with Gasteiger partial charge < -0.3 is 10.3 Å². The number of nitrogens with two attached hydrogens (primary N) is 1. The summed E-state index contributed by atoms with van der Waals surface area (Å²) < 4.78 is 2.28. The van der Waals surface area contributed by atoms with E-state index >= 15 is 0 Å². The third-order valence-electron chi connectivity index (χ3n) is 3.93. The van der Waals surface area contributed by atoms with Gasteiger partial charge in [0.15, 0.2) is 0 Å². The molecule has 1 aromatic rings. The maximum atomic E-state index is 6.27. The number of hydrogen-bond acceptors (Lipinski definition) is 3. The molecule has 0 amide bonds. The van der Waals surface area contributed by atoms with Gasteiger partial charge in [-0.15, -0.1) is 10.2 Å². The Hall–Kier alpha value is -0.900. The van der Waals surface area contributed by atoms with Gasteiger partial charge in [0, 0.05) is 18.5 Å². The third-order valence-corrected chi connectivity index (χ3v) is 3.93. The van der Waals surface area contributed by atoms with Crippen molar-refractivity contribution in [2.45, 2.75) is 77.8 Å². The van der Waals surface area contributed by atoms with Crippen LogP contribution in [0.4, 0.5) is 0 Å². The van der Waals surface area contributed by atoms with Crippen molar-refractivity contribution in [3.8, 4) is 0 Å². The second-order valence-electron chi connectivity index (χ2n) is 7.18. The molecule has 0 aromatic carbocycles. The minimum absolute atomic E-state index is 0.173. The molecular weight excluding hydrogens is 236 g/mol. The monoisotopic (exact) mass is 264 g/mol. The molecule has 1 aliphatic carbocycles. The van der Waals surface area contributed by atoms with E-state index in [-0.39, 0.29) is 11.5 Å². The van der Waals surface area contributed by atoms with Gasteiger partial charge in [-0.25, -0.2) is 0 Å². The van der Waals surface area contributed by atoms with Crippen LogP contribution >= 0.6 is 0 Å². The molecule has 1 aliphatic rings. The largest absolute Gasteiger partial charge is 0.327 e. The van der Waals surface area contributed by atoms with Gasteiger partial charge >= 0.3 is 0 Å². The minimum atomic E-state index is 0.173. The molecule has 4 heteroatoms. The quantitative estimate of drug-likeness (QED) is 0.909. The lowest BCUT2D eigenvalue weighted by Gasteiger charge is -2.26. The van der Waals surface area contributed by atoms with E-state index in [1.165, 1.54) is 32.1 Å². The van der Waals surface area contributed by atoms with Crippen LogP contribution in [0.3, 0.4) is 0 Å². The molecule has 108 valence electrons. The molecule has 1 unspecified atom stereocenters. The Morgan fingerprint density at radius 2 is 2.00 bits per heavy atom. The van der Waals surface area contributed by atoms with E-state index in [0.29, 0.717) is 6.04 Å². The first-order valence-corrected chi connectivity index (χ1v) is 7.60. The molecule has 1 saturated carbocycles. The first-order valence-electron chi connectivity index (χ1n) is 7.60. The average Bonchev–Trinajstić information content (AvgIpc) is 2.75. The number of rotatable bonds is 4. The molecule has 2 N–H and O–H groups in total. The van der Waals surface area contributed by atoms with Crippen LogP contribution in [0.25, 0.3) is 0 Å². The summed E-state index contributed by atoms with van der Waals surface area (Å²) in [7, 11) is 0. The summed E-state index contributed by atoms with van der Waals surface area (Å²) in [6.45, 7) is 6.70. The number of nitrogens with zero attached hydrogens (tertiary/aromatic N) is 3. The highest BCUT2D eigenvalue weighted by molar-refractivity contribution is 4.94. The number of hydrogen-bond donors (Lipinski definition) is 1. The Balaban J connectivity index is 1.99. The highest BCUT2D eigenvalue weighted by Crippen LogP contribution is 2.29. The van der Waals surface area contributed by atoms with Crippen molar-refractivity contribution in [1.29, 1.82) is 0 Å². The van der Waals surface area contributed by atoms with Crippen molar-refractivity contribution < 1.29 is 0 Å². The van der Waals surface area contributed by atoms with Gasteiger partial charge in [-0.05, 0) is 24.7 Å². The Bertz CT molecular complexity index is 385. The van der Waals surface area contributed by atoms with E-state index in [9.17, 15) is 0 Å². The molecule has 4 nitrogen and oxygen atoms in total. The first kappa shape index (κ1) is 14.5. The van der Waals surface area contributed by atoms with Crippen LogP contribution in [0.1, 0.15) is 71.2 Å². The molecule has 0 saturated heterocycles. The fourth-order valence-corrected chi connectivity index (χ4v) is 3.17. The maximum absolute atomic E-state index is 6.27. The fraction of sp³-hybridized carbons (Fsp3) is 0.867. The van der Waals surface area contributed by atoms with Crippen LogP contribution in [0.5, 0.6) is 0 Å². The minimum Gasteiger partial charge on any atom is -0.327 e. The van der Waals surface area contributed by atoms with Crippen LogP contribution in [0.15, 0.2) is 6.33 Å². The summed E-state index contributed by atoms with van der Waals surface area (Å²) >= 11 is 0. The Labute approximate surface area is 116 Å². The molecule has 0 radical (unpaired) electrons. The predicted octanol–water partition coefficient (Wildman–Crippen LogP) is 3.09. The second-order valence-corrected chi connectivity index (χ2v) is 7.18. The molecule has 1 heterocycles. The van der Waals surface area contributed by atoms with Crippen molar-refractivity contribution >= 4 is 0 Å². The average molecular weight is 264 g/mol. The van der Waals surface area contributed by atoms with Gasteiger partial charge in [0.25, 0.3) is 0 Å². The molecule has 2 rings (SSSR count).